The summed E-state index contributed by atoms with van der Waals surface area (Å²) < 4.78 is 11.2. The van der Waals surface area contributed by atoms with Gasteiger partial charge in [0.2, 0.25) is 0 Å². The van der Waals surface area contributed by atoms with Crippen LogP contribution in [-0.4, -0.2) is 20.5 Å². The second-order valence-corrected chi connectivity index (χ2v) is 7.94. The molecule has 0 saturated heterocycles. The second-order valence-electron chi connectivity index (χ2n) is 7.94. The Kier molecular flexibility index (Phi) is 3.26. The fraction of sp³-hybridized carbons (Fsp3) is 1.00. The molecule has 110 valence electrons. The van der Waals surface area contributed by atoms with Gasteiger partial charge in [0.05, 0.1) is 0 Å². The summed E-state index contributed by atoms with van der Waals surface area (Å²) in [4.78, 5) is 0. The first-order chi connectivity index (χ1) is 8.97. The van der Waals surface area contributed by atoms with Crippen molar-refractivity contribution in [2.24, 2.45) is 34.5 Å². The van der Waals surface area contributed by atoms with Crippen LogP contribution in [-0.2, 0) is 9.47 Å². The van der Waals surface area contributed by atoms with E-state index in [9.17, 15) is 0 Å². The van der Waals surface area contributed by atoms with E-state index in [1.807, 2.05) is 0 Å². The van der Waals surface area contributed by atoms with E-state index < -0.39 is 0 Å². The lowest BCUT2D eigenvalue weighted by molar-refractivity contribution is -0.165. The zero-order valence-corrected chi connectivity index (χ0v) is 13.2. The average Bonchev–Trinajstić information content (AvgIpc) is 2.78. The molecule has 3 saturated carbocycles. The number of ether oxygens (including phenoxy) is 2. The molecule has 2 heteroatoms. The molecule has 1 unspecified atom stereocenters. The smallest absolute Gasteiger partial charge is 0.159 e. The third-order valence-electron chi connectivity index (χ3n) is 7.29. The Bertz CT molecular complexity index is 347. The first-order valence-electron chi connectivity index (χ1n) is 8.03. The summed E-state index contributed by atoms with van der Waals surface area (Å²) in [7, 11) is 3.59. The second kappa shape index (κ2) is 4.46. The number of fused-ring (bicyclic) bond motifs is 1. The molecule has 1 spiro atoms. The molecule has 0 aliphatic heterocycles. The molecular weight excluding hydrogens is 236 g/mol. The molecule has 0 heterocycles. The van der Waals surface area contributed by atoms with Crippen molar-refractivity contribution >= 4 is 0 Å². The van der Waals surface area contributed by atoms with E-state index in [0.717, 1.165) is 17.8 Å². The first kappa shape index (κ1) is 13.9. The van der Waals surface area contributed by atoms with E-state index in [2.05, 4.69) is 20.8 Å². The van der Waals surface area contributed by atoms with Gasteiger partial charge in [-0.05, 0) is 60.7 Å². The van der Waals surface area contributed by atoms with Crippen molar-refractivity contribution in [2.45, 2.75) is 59.2 Å². The monoisotopic (exact) mass is 266 g/mol. The molecule has 0 radical (unpaired) electrons. The lowest BCUT2D eigenvalue weighted by Crippen LogP contribution is -2.39. The molecule has 19 heavy (non-hydrogen) atoms. The molecule has 0 aromatic carbocycles. The zero-order chi connectivity index (χ0) is 13.8. The molecule has 0 aromatic heterocycles. The Morgan fingerprint density at radius 3 is 2.37 bits per heavy atom. The summed E-state index contributed by atoms with van der Waals surface area (Å²) in [6, 6.07) is 0. The number of hydrogen-bond acceptors (Lipinski definition) is 2. The van der Waals surface area contributed by atoms with Crippen molar-refractivity contribution in [1.29, 1.82) is 0 Å². The highest BCUT2D eigenvalue weighted by Gasteiger charge is 2.66. The maximum Gasteiger partial charge on any atom is 0.159 e. The van der Waals surface area contributed by atoms with Crippen LogP contribution in [0.25, 0.3) is 0 Å². The third-order valence-corrected chi connectivity index (χ3v) is 7.29. The van der Waals surface area contributed by atoms with Crippen LogP contribution in [0, 0.1) is 34.5 Å². The largest absolute Gasteiger partial charge is 0.356 e. The summed E-state index contributed by atoms with van der Waals surface area (Å²) in [5.74, 6) is 3.22. The minimum atomic E-state index is -0.00393. The molecule has 0 amide bonds. The topological polar surface area (TPSA) is 18.5 Å². The van der Waals surface area contributed by atoms with Crippen LogP contribution < -0.4 is 0 Å². The molecule has 0 N–H and O–H groups in total. The van der Waals surface area contributed by atoms with Gasteiger partial charge in [-0.3, -0.25) is 0 Å². The predicted octanol–water partition coefficient (Wildman–Crippen LogP) is 4.09. The van der Waals surface area contributed by atoms with Crippen LogP contribution in [0.2, 0.25) is 0 Å². The Morgan fingerprint density at radius 1 is 1.05 bits per heavy atom. The molecule has 3 aliphatic rings. The van der Waals surface area contributed by atoms with Crippen molar-refractivity contribution in [3.63, 3.8) is 0 Å². The minimum absolute atomic E-state index is 0.00393. The van der Waals surface area contributed by atoms with Crippen molar-refractivity contribution in [2.75, 3.05) is 14.2 Å². The van der Waals surface area contributed by atoms with Crippen LogP contribution in [0.15, 0.2) is 0 Å². The Labute approximate surface area is 118 Å². The molecule has 3 rings (SSSR count). The number of methoxy groups -OCH3 is 2. The summed E-state index contributed by atoms with van der Waals surface area (Å²) in [5.41, 5.74) is 1.11. The molecule has 2 nitrogen and oxygen atoms in total. The minimum Gasteiger partial charge on any atom is -0.356 e. The van der Waals surface area contributed by atoms with Crippen molar-refractivity contribution < 1.29 is 9.47 Å². The van der Waals surface area contributed by atoms with E-state index in [4.69, 9.17) is 9.47 Å². The van der Waals surface area contributed by atoms with Crippen molar-refractivity contribution in [1.82, 2.24) is 0 Å². The van der Waals surface area contributed by atoms with E-state index in [1.165, 1.54) is 32.1 Å². The standard InChI is InChI=1S/C17H30O2/c1-11-6-7-14-16(2,3)13-10-17(11,14)9-8-12(13)15(18-4)19-5/h11-15H,6-10H2,1-5H3/t11-,12?,13+,14+,17+/m1/s1. The molecular formula is C17H30O2. The summed E-state index contributed by atoms with van der Waals surface area (Å²) in [6.45, 7) is 7.54. The molecule has 3 fully saturated rings. The first-order valence-corrected chi connectivity index (χ1v) is 8.03. The van der Waals surface area contributed by atoms with Crippen LogP contribution in [0.1, 0.15) is 52.9 Å². The SMILES string of the molecule is COC(OC)C1CC[C@@]23C[C@@H]1C(C)(C)[C@@H]2CC[C@H]3C. The van der Waals surface area contributed by atoms with Gasteiger partial charge in [0, 0.05) is 20.1 Å². The van der Waals surface area contributed by atoms with E-state index in [0.29, 0.717) is 16.7 Å². The van der Waals surface area contributed by atoms with Crippen LogP contribution >= 0.6 is 0 Å². The highest BCUT2D eigenvalue weighted by Crippen LogP contribution is 2.72. The van der Waals surface area contributed by atoms with Gasteiger partial charge < -0.3 is 9.47 Å². The van der Waals surface area contributed by atoms with E-state index in [-0.39, 0.29) is 6.29 Å². The molecule has 5 atom stereocenters. The quantitative estimate of drug-likeness (QED) is 0.716. The molecule has 0 aromatic rings. The maximum absolute atomic E-state index is 5.61. The average molecular weight is 266 g/mol. The lowest BCUT2D eigenvalue weighted by atomic mass is 9.65. The Morgan fingerprint density at radius 2 is 1.74 bits per heavy atom. The highest BCUT2D eigenvalue weighted by atomic mass is 16.7. The Hall–Kier alpha value is -0.0800. The fourth-order valence-corrected chi connectivity index (χ4v) is 6.36. The lowest BCUT2D eigenvalue weighted by Gasteiger charge is -2.42. The van der Waals surface area contributed by atoms with E-state index in [1.54, 1.807) is 14.2 Å². The van der Waals surface area contributed by atoms with Crippen LogP contribution in [0.4, 0.5) is 0 Å². The van der Waals surface area contributed by atoms with Gasteiger partial charge in [0.1, 0.15) is 0 Å². The number of hydrogen-bond donors (Lipinski definition) is 0. The van der Waals surface area contributed by atoms with Gasteiger partial charge in [-0.15, -0.1) is 0 Å². The van der Waals surface area contributed by atoms with Crippen molar-refractivity contribution in [3.05, 3.63) is 0 Å². The third kappa shape index (κ3) is 1.68. The van der Waals surface area contributed by atoms with Crippen molar-refractivity contribution in [3.8, 4) is 0 Å². The predicted molar refractivity (Wildman–Crippen MR) is 76.7 cm³/mol. The van der Waals surface area contributed by atoms with Gasteiger partial charge in [-0.2, -0.15) is 0 Å². The van der Waals surface area contributed by atoms with E-state index >= 15 is 0 Å². The summed E-state index contributed by atoms with van der Waals surface area (Å²) >= 11 is 0. The highest BCUT2D eigenvalue weighted by molar-refractivity contribution is 5.14. The van der Waals surface area contributed by atoms with Gasteiger partial charge in [-0.25, -0.2) is 0 Å². The summed E-state index contributed by atoms with van der Waals surface area (Å²) in [5, 5.41) is 0. The van der Waals surface area contributed by atoms with Gasteiger partial charge >= 0.3 is 0 Å². The fourth-order valence-electron chi connectivity index (χ4n) is 6.36. The normalized spacial score (nSPS) is 47.7. The Balaban J connectivity index is 1.92. The van der Waals surface area contributed by atoms with Gasteiger partial charge in [0.25, 0.3) is 0 Å². The van der Waals surface area contributed by atoms with Gasteiger partial charge in [-0.1, -0.05) is 20.8 Å². The molecule has 2 bridgehead atoms. The zero-order valence-electron chi connectivity index (χ0n) is 13.2. The van der Waals surface area contributed by atoms with Crippen LogP contribution in [0.3, 0.4) is 0 Å². The van der Waals surface area contributed by atoms with Crippen LogP contribution in [0.5, 0.6) is 0 Å². The van der Waals surface area contributed by atoms with Gasteiger partial charge in [0.15, 0.2) is 6.29 Å². The maximum atomic E-state index is 5.61. The summed E-state index contributed by atoms with van der Waals surface area (Å²) in [6.07, 6.45) is 7.00. The molecule has 3 aliphatic carbocycles. The number of rotatable bonds is 3.